The Bertz CT molecular complexity index is 439. The highest BCUT2D eigenvalue weighted by Crippen LogP contribution is 2.13. The van der Waals surface area contributed by atoms with Gasteiger partial charge in [-0.15, -0.1) is 0 Å². The zero-order valence-electron chi connectivity index (χ0n) is 14.0. The Morgan fingerprint density at radius 1 is 1.18 bits per heavy atom. The van der Waals surface area contributed by atoms with Crippen molar-refractivity contribution in [1.29, 1.82) is 0 Å². The van der Waals surface area contributed by atoms with Crippen molar-refractivity contribution < 1.29 is 9.53 Å². The molecule has 3 heteroatoms. The van der Waals surface area contributed by atoms with Crippen LogP contribution in [-0.4, -0.2) is 31.0 Å². The molecule has 0 saturated heterocycles. The van der Waals surface area contributed by atoms with Gasteiger partial charge in [0, 0.05) is 20.0 Å². The molecule has 0 spiro atoms. The third kappa shape index (κ3) is 7.30. The minimum absolute atomic E-state index is 0.264. The van der Waals surface area contributed by atoms with Crippen molar-refractivity contribution in [2.24, 2.45) is 0 Å². The fourth-order valence-corrected chi connectivity index (χ4v) is 2.27. The van der Waals surface area contributed by atoms with Gasteiger partial charge >= 0.3 is 0 Å². The smallest absolute Gasteiger partial charge is 0.222 e. The van der Waals surface area contributed by atoms with Crippen LogP contribution in [0, 0.1) is 0 Å². The second kappa shape index (κ2) is 10.9. The van der Waals surface area contributed by atoms with Crippen LogP contribution in [-0.2, 0) is 4.79 Å². The number of amides is 1. The van der Waals surface area contributed by atoms with Crippen molar-refractivity contribution in [2.75, 3.05) is 20.2 Å². The van der Waals surface area contributed by atoms with Gasteiger partial charge in [-0.25, -0.2) is 0 Å². The van der Waals surface area contributed by atoms with Gasteiger partial charge in [-0.05, 0) is 37.0 Å². The number of hydrogen-bond acceptors (Lipinski definition) is 2. The number of nitrogens with zero attached hydrogens (tertiary/aromatic N) is 1. The summed E-state index contributed by atoms with van der Waals surface area (Å²) in [6.07, 6.45) is 7.71. The number of ether oxygens (including phenoxy) is 1. The second-order valence-electron chi connectivity index (χ2n) is 5.60. The average molecular weight is 303 g/mol. The van der Waals surface area contributed by atoms with Gasteiger partial charge in [-0.3, -0.25) is 4.79 Å². The molecular formula is C19H29NO2. The summed E-state index contributed by atoms with van der Waals surface area (Å²) in [5.74, 6) is 1.17. The third-order valence-corrected chi connectivity index (χ3v) is 3.65. The SMILES string of the molecule is C=Cc1ccc(OCCCCCCC(=O)N(C)CCC)cc1. The van der Waals surface area contributed by atoms with E-state index in [1.807, 2.05) is 42.3 Å². The summed E-state index contributed by atoms with van der Waals surface area (Å²) in [6.45, 7) is 7.41. The van der Waals surface area contributed by atoms with Gasteiger partial charge in [0.05, 0.1) is 6.61 Å². The monoisotopic (exact) mass is 303 g/mol. The molecule has 1 aromatic carbocycles. The first kappa shape index (κ1) is 18.3. The number of carbonyl (C=O) groups excluding carboxylic acids is 1. The summed E-state index contributed by atoms with van der Waals surface area (Å²) >= 11 is 0. The molecule has 0 heterocycles. The van der Waals surface area contributed by atoms with Crippen LogP contribution in [0.1, 0.15) is 51.0 Å². The van der Waals surface area contributed by atoms with Gasteiger partial charge in [0.25, 0.3) is 0 Å². The predicted octanol–water partition coefficient (Wildman–Crippen LogP) is 4.53. The maximum absolute atomic E-state index is 11.8. The highest BCUT2D eigenvalue weighted by atomic mass is 16.5. The van der Waals surface area contributed by atoms with E-state index in [4.69, 9.17) is 4.74 Å². The molecule has 1 rings (SSSR count). The Morgan fingerprint density at radius 2 is 1.86 bits per heavy atom. The first-order valence-corrected chi connectivity index (χ1v) is 8.26. The maximum Gasteiger partial charge on any atom is 0.222 e. The van der Waals surface area contributed by atoms with Crippen molar-refractivity contribution in [3.8, 4) is 5.75 Å². The summed E-state index contributed by atoms with van der Waals surface area (Å²) < 4.78 is 5.69. The predicted molar refractivity (Wildman–Crippen MR) is 93.0 cm³/mol. The standard InChI is InChI=1S/C19H29NO2/c1-4-15-20(3)19(21)10-8-6-7-9-16-22-18-13-11-17(5-2)12-14-18/h5,11-14H,2,4,6-10,15-16H2,1,3H3. The van der Waals surface area contributed by atoms with Crippen LogP contribution in [0.5, 0.6) is 5.75 Å². The highest BCUT2D eigenvalue weighted by Gasteiger charge is 2.06. The lowest BCUT2D eigenvalue weighted by Gasteiger charge is -2.15. The van der Waals surface area contributed by atoms with Crippen molar-refractivity contribution in [3.63, 3.8) is 0 Å². The van der Waals surface area contributed by atoms with Crippen LogP contribution < -0.4 is 4.74 Å². The lowest BCUT2D eigenvalue weighted by atomic mass is 10.1. The summed E-state index contributed by atoms with van der Waals surface area (Å²) in [6, 6.07) is 7.94. The van der Waals surface area contributed by atoms with Gasteiger partial charge in [-0.2, -0.15) is 0 Å². The van der Waals surface area contributed by atoms with Crippen LogP contribution >= 0.6 is 0 Å². The topological polar surface area (TPSA) is 29.5 Å². The number of carbonyl (C=O) groups is 1. The Labute approximate surface area is 135 Å². The Balaban J connectivity index is 2.03. The van der Waals surface area contributed by atoms with Gasteiger partial charge in [0.1, 0.15) is 5.75 Å². The molecule has 1 amide bonds. The minimum Gasteiger partial charge on any atom is -0.494 e. The fourth-order valence-electron chi connectivity index (χ4n) is 2.27. The quantitative estimate of drug-likeness (QED) is 0.562. The first-order valence-electron chi connectivity index (χ1n) is 8.26. The van der Waals surface area contributed by atoms with E-state index in [2.05, 4.69) is 13.5 Å². The van der Waals surface area contributed by atoms with Crippen LogP contribution in [0.4, 0.5) is 0 Å². The largest absolute Gasteiger partial charge is 0.494 e. The molecule has 122 valence electrons. The van der Waals surface area contributed by atoms with Crippen LogP contribution in [0.2, 0.25) is 0 Å². The van der Waals surface area contributed by atoms with Gasteiger partial charge in [0.15, 0.2) is 0 Å². The number of benzene rings is 1. The molecule has 0 fully saturated rings. The van der Waals surface area contributed by atoms with E-state index in [9.17, 15) is 4.79 Å². The van der Waals surface area contributed by atoms with E-state index in [1.54, 1.807) is 0 Å². The van der Waals surface area contributed by atoms with Gasteiger partial charge in [0.2, 0.25) is 5.91 Å². The van der Waals surface area contributed by atoms with Crippen LogP contribution in [0.3, 0.4) is 0 Å². The summed E-state index contributed by atoms with van der Waals surface area (Å²) in [5.41, 5.74) is 1.10. The molecular weight excluding hydrogens is 274 g/mol. The molecule has 3 nitrogen and oxygen atoms in total. The molecule has 1 aromatic rings. The lowest BCUT2D eigenvalue weighted by Crippen LogP contribution is -2.26. The molecule has 0 aliphatic carbocycles. The first-order chi connectivity index (χ1) is 10.7. The normalized spacial score (nSPS) is 10.3. The molecule has 0 N–H and O–H groups in total. The molecule has 0 aliphatic heterocycles. The molecule has 0 saturated carbocycles. The number of rotatable bonds is 11. The van der Waals surface area contributed by atoms with E-state index in [0.29, 0.717) is 6.42 Å². The van der Waals surface area contributed by atoms with E-state index in [1.165, 1.54) is 0 Å². The van der Waals surface area contributed by atoms with Crippen molar-refractivity contribution >= 4 is 12.0 Å². The average Bonchev–Trinajstić information content (AvgIpc) is 2.54. The lowest BCUT2D eigenvalue weighted by molar-refractivity contribution is -0.130. The molecule has 0 unspecified atom stereocenters. The van der Waals surface area contributed by atoms with E-state index >= 15 is 0 Å². The van der Waals surface area contributed by atoms with E-state index < -0.39 is 0 Å². The number of unbranched alkanes of at least 4 members (excludes halogenated alkanes) is 3. The third-order valence-electron chi connectivity index (χ3n) is 3.65. The molecule has 0 atom stereocenters. The Hall–Kier alpha value is -1.77. The second-order valence-corrected chi connectivity index (χ2v) is 5.60. The molecule has 0 radical (unpaired) electrons. The van der Waals surface area contributed by atoms with Crippen molar-refractivity contribution in [3.05, 3.63) is 36.4 Å². The summed E-state index contributed by atoms with van der Waals surface area (Å²) in [5, 5.41) is 0. The number of hydrogen-bond donors (Lipinski definition) is 0. The summed E-state index contributed by atoms with van der Waals surface area (Å²) in [4.78, 5) is 13.6. The van der Waals surface area contributed by atoms with Crippen LogP contribution in [0.15, 0.2) is 30.8 Å². The van der Waals surface area contributed by atoms with Gasteiger partial charge in [-0.1, -0.05) is 44.6 Å². The van der Waals surface area contributed by atoms with Crippen molar-refractivity contribution in [2.45, 2.75) is 45.4 Å². The van der Waals surface area contributed by atoms with Gasteiger partial charge < -0.3 is 9.64 Å². The summed E-state index contributed by atoms with van der Waals surface area (Å²) in [7, 11) is 1.89. The Morgan fingerprint density at radius 3 is 2.50 bits per heavy atom. The Kier molecular flexibility index (Phi) is 9.04. The zero-order valence-corrected chi connectivity index (χ0v) is 14.0. The fraction of sp³-hybridized carbons (Fsp3) is 0.526. The van der Waals surface area contributed by atoms with E-state index in [0.717, 1.165) is 56.6 Å². The van der Waals surface area contributed by atoms with Crippen molar-refractivity contribution in [1.82, 2.24) is 4.90 Å². The zero-order chi connectivity index (χ0) is 16.2. The van der Waals surface area contributed by atoms with Crippen LogP contribution in [0.25, 0.3) is 6.08 Å². The van der Waals surface area contributed by atoms with E-state index in [-0.39, 0.29) is 5.91 Å². The minimum atomic E-state index is 0.264. The molecule has 0 aliphatic rings. The molecule has 0 bridgehead atoms. The molecule has 22 heavy (non-hydrogen) atoms. The molecule has 0 aromatic heterocycles. The highest BCUT2D eigenvalue weighted by molar-refractivity contribution is 5.75. The maximum atomic E-state index is 11.8.